The number of ether oxygens (including phenoxy) is 3. The number of carbonyl (C=O) groups is 3. The van der Waals surface area contributed by atoms with Crippen molar-refractivity contribution < 1.29 is 28.6 Å². The van der Waals surface area contributed by atoms with Gasteiger partial charge in [-0.15, -0.1) is 0 Å². The Hall–Kier alpha value is -4.81. The fraction of sp³-hybridized carbons (Fsp3) is 0.343. The lowest BCUT2D eigenvalue weighted by Crippen LogP contribution is -2.29. The number of allylic oxidation sites excluding steroid dienone is 1. The number of epoxide rings is 1. The number of amides is 1. The molecule has 6 rings (SSSR count). The number of para-hydroxylation sites is 1. The van der Waals surface area contributed by atoms with E-state index in [1.165, 1.54) is 8.52 Å². The fourth-order valence-corrected chi connectivity index (χ4v) is 6.81. The van der Waals surface area contributed by atoms with Crippen molar-refractivity contribution in [2.75, 3.05) is 6.61 Å². The minimum absolute atomic E-state index is 0.0778. The summed E-state index contributed by atoms with van der Waals surface area (Å²) in [7, 11) is 0. The number of fused-ring (bicyclic) bond motifs is 3. The highest BCUT2D eigenvalue weighted by atomic mass is 32.1. The van der Waals surface area contributed by atoms with Gasteiger partial charge in [-0.05, 0) is 61.4 Å². The van der Waals surface area contributed by atoms with E-state index in [9.17, 15) is 24.0 Å². The van der Waals surface area contributed by atoms with Crippen LogP contribution in [0, 0.1) is 5.92 Å². The van der Waals surface area contributed by atoms with Gasteiger partial charge in [0, 0.05) is 41.7 Å². The topological polar surface area (TPSA) is 138 Å². The summed E-state index contributed by atoms with van der Waals surface area (Å²) >= 11 is 0.853. The van der Waals surface area contributed by atoms with Crippen molar-refractivity contribution in [3.05, 3.63) is 122 Å². The third-order valence-corrected chi connectivity index (χ3v) is 9.75. The summed E-state index contributed by atoms with van der Waals surface area (Å²) < 4.78 is 19.5. The third kappa shape index (κ3) is 7.28. The molecule has 0 radical (unpaired) electrons. The summed E-state index contributed by atoms with van der Waals surface area (Å²) in [6.07, 6.45) is 6.56. The molecule has 2 fully saturated rings. The summed E-state index contributed by atoms with van der Waals surface area (Å²) in [6, 6.07) is 16.2. The maximum atomic E-state index is 12.8. The van der Waals surface area contributed by atoms with Crippen molar-refractivity contribution in [3.63, 3.8) is 0 Å². The first-order valence-corrected chi connectivity index (χ1v) is 16.2. The van der Waals surface area contributed by atoms with E-state index < -0.39 is 17.6 Å². The zero-order chi connectivity index (χ0) is 33.1. The van der Waals surface area contributed by atoms with Gasteiger partial charge < -0.3 is 19.5 Å². The number of esters is 2. The summed E-state index contributed by atoms with van der Waals surface area (Å²) in [6.45, 7) is 6.36. The normalized spacial score (nSPS) is 24.9. The van der Waals surface area contributed by atoms with Gasteiger partial charge in [0.2, 0.25) is 5.91 Å². The van der Waals surface area contributed by atoms with E-state index in [1.807, 2.05) is 13.0 Å². The van der Waals surface area contributed by atoms with Gasteiger partial charge in [0.05, 0.1) is 17.8 Å². The van der Waals surface area contributed by atoms with Gasteiger partial charge in [-0.1, -0.05) is 55.1 Å². The van der Waals surface area contributed by atoms with Crippen molar-refractivity contribution in [1.29, 1.82) is 0 Å². The highest BCUT2D eigenvalue weighted by Gasteiger charge is 2.61. The lowest BCUT2D eigenvalue weighted by molar-refractivity contribution is -0.140. The van der Waals surface area contributed by atoms with Crippen molar-refractivity contribution in [2.45, 2.75) is 63.5 Å². The van der Waals surface area contributed by atoms with Gasteiger partial charge in [-0.25, -0.2) is 22.9 Å². The van der Waals surface area contributed by atoms with E-state index in [0.29, 0.717) is 24.1 Å². The predicted molar refractivity (Wildman–Crippen MR) is 174 cm³/mol. The van der Waals surface area contributed by atoms with Crippen molar-refractivity contribution in [2.24, 2.45) is 5.92 Å². The Labute approximate surface area is 274 Å². The van der Waals surface area contributed by atoms with E-state index >= 15 is 0 Å². The smallest absolute Gasteiger partial charge is 0.346 e. The summed E-state index contributed by atoms with van der Waals surface area (Å²) in [5.41, 5.74) is 2.84. The quantitative estimate of drug-likeness (QED) is 0.160. The van der Waals surface area contributed by atoms with Crippen LogP contribution in [-0.2, 0) is 41.7 Å². The lowest BCUT2D eigenvalue weighted by atomic mass is 9.84. The molecule has 1 aliphatic carbocycles. The first-order valence-electron chi connectivity index (χ1n) is 15.5. The molecule has 2 saturated heterocycles. The fourth-order valence-electron chi connectivity index (χ4n) is 6.01. The highest BCUT2D eigenvalue weighted by molar-refractivity contribution is 7.03. The largest absolute Gasteiger partial charge is 0.458 e. The molecule has 1 amide bonds. The first kappa shape index (κ1) is 32.1. The molecule has 2 aromatic carbocycles. The zero-order valence-corrected chi connectivity index (χ0v) is 26.7. The Kier molecular flexibility index (Phi) is 9.24. The maximum absolute atomic E-state index is 12.8. The average molecular weight is 658 g/mol. The van der Waals surface area contributed by atoms with Crippen molar-refractivity contribution in [1.82, 2.24) is 13.8 Å². The molecule has 0 spiro atoms. The predicted octanol–water partition coefficient (Wildman–Crippen LogP) is 3.58. The van der Waals surface area contributed by atoms with E-state index in [0.717, 1.165) is 53.2 Å². The molecule has 3 aromatic rings. The van der Waals surface area contributed by atoms with Crippen LogP contribution in [0.15, 0.2) is 100 Å². The molecule has 12 heteroatoms. The Morgan fingerprint density at radius 3 is 2.60 bits per heavy atom. The van der Waals surface area contributed by atoms with E-state index in [4.69, 9.17) is 14.2 Å². The zero-order valence-electron chi connectivity index (χ0n) is 25.9. The van der Waals surface area contributed by atoms with Crippen LogP contribution in [0.4, 0.5) is 0 Å². The number of hydrogen-bond donors (Lipinski definition) is 1. The molecule has 2 aliphatic heterocycles. The molecule has 3 aliphatic rings. The van der Waals surface area contributed by atoms with Crippen LogP contribution in [0.2, 0.25) is 0 Å². The molecule has 3 heterocycles. The van der Waals surface area contributed by atoms with Crippen LogP contribution >= 0.6 is 11.5 Å². The summed E-state index contributed by atoms with van der Waals surface area (Å²) in [5, 5.41) is 2.73. The number of hydrogen-bond acceptors (Lipinski definition) is 9. The molecule has 1 N–H and O–H groups in total. The number of rotatable bonds is 9. The van der Waals surface area contributed by atoms with Crippen LogP contribution in [0.5, 0.6) is 0 Å². The molecule has 1 aromatic heterocycles. The van der Waals surface area contributed by atoms with Crippen LogP contribution < -0.4 is 15.9 Å². The Morgan fingerprint density at radius 1 is 1.09 bits per heavy atom. The number of benzene rings is 2. The monoisotopic (exact) mass is 657 g/mol. The van der Waals surface area contributed by atoms with Crippen LogP contribution in [-0.4, -0.2) is 50.8 Å². The molecule has 0 unspecified atom stereocenters. The van der Waals surface area contributed by atoms with Gasteiger partial charge in [-0.3, -0.25) is 9.59 Å². The second-order valence-corrected chi connectivity index (χ2v) is 13.0. The number of aromatic nitrogens is 2. The molecular formula is C35H35N3O8S. The number of nitrogens with one attached hydrogen (secondary N) is 1. The summed E-state index contributed by atoms with van der Waals surface area (Å²) in [4.78, 5) is 61.9. The molecule has 4 atom stereocenters. The Bertz CT molecular complexity index is 1870. The second-order valence-electron chi connectivity index (χ2n) is 12.1. The van der Waals surface area contributed by atoms with Crippen LogP contribution in [0.3, 0.4) is 0 Å². The first-order chi connectivity index (χ1) is 22.6. The van der Waals surface area contributed by atoms with Crippen LogP contribution in [0.25, 0.3) is 5.69 Å². The minimum Gasteiger partial charge on any atom is -0.458 e. The van der Waals surface area contributed by atoms with Crippen molar-refractivity contribution in [3.8, 4) is 5.69 Å². The number of nitrogens with zero attached hydrogens (tertiary/aromatic N) is 2. The van der Waals surface area contributed by atoms with Gasteiger partial charge in [0.25, 0.3) is 0 Å². The molecule has 0 saturated carbocycles. The van der Waals surface area contributed by atoms with Gasteiger partial charge in [0.1, 0.15) is 18.8 Å². The lowest BCUT2D eigenvalue weighted by Gasteiger charge is -2.20. The van der Waals surface area contributed by atoms with E-state index in [2.05, 4.69) is 18.0 Å². The Morgan fingerprint density at radius 2 is 1.83 bits per heavy atom. The highest BCUT2D eigenvalue weighted by Crippen LogP contribution is 2.49. The number of carbonyl (C=O) groups excluding carboxylic acids is 3. The molecule has 244 valence electrons. The van der Waals surface area contributed by atoms with E-state index in [-0.39, 0.29) is 54.3 Å². The van der Waals surface area contributed by atoms with Gasteiger partial charge in [-0.2, -0.15) is 0 Å². The molecular weight excluding hydrogens is 622 g/mol. The standard InChI is InChI=1S/C35H35N3O8S/c1-22-27-15-14-25(7-6-18-35(2)31(46-35)30(27)45-32(22)41)21-44-29(40)17-16-28(39)36-19-23-10-12-24(13-11-23)20-37-33(42)38(47-34(37)43)26-8-4-3-5-9-26/h3-5,7-13,16-17,27,30-31H,1,6,14-15,18-21H2,2H3,(H,36,39)/b17-16-,25-7+/t27-,30-,31-,35+/m0/s1. The minimum atomic E-state index is -0.642. The Balaban J connectivity index is 0.964. The van der Waals surface area contributed by atoms with Crippen LogP contribution in [0.1, 0.15) is 43.7 Å². The molecule has 47 heavy (non-hydrogen) atoms. The SMILES string of the molecule is C=C1C(=O)O[C@H]2[C@H]1CC/C(COC(=O)/C=C\C(=O)NCc1ccc(Cn3c(=O)sn(-c4ccccc4)c3=O)cc1)=C\CC[C@@]1(C)O[C@@H]21. The summed E-state index contributed by atoms with van der Waals surface area (Å²) in [5.74, 6) is -1.62. The van der Waals surface area contributed by atoms with E-state index in [1.54, 1.807) is 48.5 Å². The third-order valence-electron chi connectivity index (χ3n) is 8.83. The van der Waals surface area contributed by atoms with Gasteiger partial charge >= 0.3 is 22.5 Å². The van der Waals surface area contributed by atoms with Gasteiger partial charge in [0.15, 0.2) is 0 Å². The van der Waals surface area contributed by atoms with Crippen molar-refractivity contribution >= 4 is 29.4 Å². The maximum Gasteiger partial charge on any atom is 0.346 e. The molecule has 11 nitrogen and oxygen atoms in total. The second kappa shape index (κ2) is 13.5. The average Bonchev–Trinajstić information content (AvgIpc) is 3.55. The molecule has 0 bridgehead atoms.